The van der Waals surface area contributed by atoms with Crippen LogP contribution >= 0.6 is 0 Å². The standard InChI is InChI=1S/C22H17F2NO2/c23-17-11-15(12-18(24)22(17)27)19-9-7-16-20(25-19)8-6-14(21(16)26)10-13-4-2-1-3-5-13/h1-5,7,9,11-12,14,27H,6,8,10H2/t14-/m0/s1. The van der Waals surface area contributed by atoms with Gasteiger partial charge in [-0.1, -0.05) is 30.3 Å². The lowest BCUT2D eigenvalue weighted by Crippen LogP contribution is -2.25. The summed E-state index contributed by atoms with van der Waals surface area (Å²) in [7, 11) is 0. The molecular formula is C22H17F2NO2. The van der Waals surface area contributed by atoms with Gasteiger partial charge < -0.3 is 5.11 Å². The van der Waals surface area contributed by atoms with Crippen molar-refractivity contribution in [1.82, 2.24) is 4.98 Å². The van der Waals surface area contributed by atoms with Crippen molar-refractivity contribution in [3.63, 3.8) is 0 Å². The zero-order chi connectivity index (χ0) is 19.0. The Balaban J connectivity index is 1.62. The number of phenols is 1. The van der Waals surface area contributed by atoms with Gasteiger partial charge in [-0.3, -0.25) is 9.78 Å². The van der Waals surface area contributed by atoms with Crippen LogP contribution in [0.15, 0.2) is 54.6 Å². The fraction of sp³-hybridized carbons (Fsp3) is 0.182. The van der Waals surface area contributed by atoms with Crippen LogP contribution in [0.4, 0.5) is 8.78 Å². The fourth-order valence-electron chi connectivity index (χ4n) is 3.55. The number of aromatic hydroxyl groups is 1. The van der Waals surface area contributed by atoms with Crippen LogP contribution in [-0.2, 0) is 12.8 Å². The summed E-state index contributed by atoms with van der Waals surface area (Å²) in [4.78, 5) is 17.3. The first kappa shape index (κ1) is 17.3. The number of carbonyl (C=O) groups is 1. The highest BCUT2D eigenvalue weighted by Gasteiger charge is 2.28. The zero-order valence-corrected chi connectivity index (χ0v) is 14.5. The van der Waals surface area contributed by atoms with Crippen LogP contribution in [0.3, 0.4) is 0 Å². The Morgan fingerprint density at radius 3 is 2.44 bits per heavy atom. The van der Waals surface area contributed by atoms with Gasteiger partial charge in [-0.15, -0.1) is 0 Å². The Bertz CT molecular complexity index is 995. The number of Topliss-reactive ketones (excluding diaryl/α,β-unsaturated/α-hetero) is 1. The van der Waals surface area contributed by atoms with E-state index in [0.717, 1.165) is 17.7 Å². The van der Waals surface area contributed by atoms with Crippen molar-refractivity contribution < 1.29 is 18.7 Å². The van der Waals surface area contributed by atoms with Crippen LogP contribution < -0.4 is 0 Å². The van der Waals surface area contributed by atoms with Crippen molar-refractivity contribution in [2.45, 2.75) is 19.3 Å². The minimum Gasteiger partial charge on any atom is -0.503 e. The molecule has 0 fully saturated rings. The molecule has 0 spiro atoms. The smallest absolute Gasteiger partial charge is 0.187 e. The van der Waals surface area contributed by atoms with Crippen LogP contribution in [0.2, 0.25) is 0 Å². The van der Waals surface area contributed by atoms with E-state index in [4.69, 9.17) is 0 Å². The second-order valence-corrected chi connectivity index (χ2v) is 6.77. The van der Waals surface area contributed by atoms with Gasteiger partial charge in [0.15, 0.2) is 23.2 Å². The number of carbonyl (C=O) groups excluding carboxylic acids is 1. The predicted molar refractivity (Wildman–Crippen MR) is 97.5 cm³/mol. The number of benzene rings is 2. The second-order valence-electron chi connectivity index (χ2n) is 6.77. The maximum Gasteiger partial charge on any atom is 0.187 e. The van der Waals surface area contributed by atoms with Gasteiger partial charge in [-0.05, 0) is 49.1 Å². The number of fused-ring (bicyclic) bond motifs is 1. The van der Waals surface area contributed by atoms with Crippen LogP contribution in [0, 0.1) is 17.6 Å². The molecule has 0 unspecified atom stereocenters. The van der Waals surface area contributed by atoms with E-state index in [1.165, 1.54) is 0 Å². The summed E-state index contributed by atoms with van der Waals surface area (Å²) in [6.07, 6.45) is 2.01. The van der Waals surface area contributed by atoms with Crippen molar-refractivity contribution in [2.75, 3.05) is 0 Å². The maximum absolute atomic E-state index is 13.6. The first-order valence-corrected chi connectivity index (χ1v) is 8.79. The molecule has 3 nitrogen and oxygen atoms in total. The Morgan fingerprint density at radius 1 is 1.04 bits per heavy atom. The first-order chi connectivity index (χ1) is 13.0. The van der Waals surface area contributed by atoms with Crippen LogP contribution in [0.5, 0.6) is 5.75 Å². The van der Waals surface area contributed by atoms with Crippen LogP contribution in [-0.4, -0.2) is 15.9 Å². The van der Waals surface area contributed by atoms with E-state index in [0.29, 0.717) is 36.2 Å². The zero-order valence-electron chi connectivity index (χ0n) is 14.5. The minimum atomic E-state index is -1.04. The molecule has 2 aromatic carbocycles. The van der Waals surface area contributed by atoms with Gasteiger partial charge >= 0.3 is 0 Å². The average Bonchev–Trinajstić information content (AvgIpc) is 2.68. The first-order valence-electron chi connectivity index (χ1n) is 8.79. The number of hydrogen-bond donors (Lipinski definition) is 1. The molecule has 27 heavy (non-hydrogen) atoms. The van der Waals surface area contributed by atoms with E-state index in [1.54, 1.807) is 12.1 Å². The van der Waals surface area contributed by atoms with Crippen molar-refractivity contribution in [1.29, 1.82) is 0 Å². The molecule has 1 aromatic heterocycles. The third-order valence-corrected chi connectivity index (χ3v) is 4.98. The van der Waals surface area contributed by atoms with Gasteiger partial charge in [0.2, 0.25) is 0 Å². The van der Waals surface area contributed by atoms with E-state index >= 15 is 0 Å². The molecule has 5 heteroatoms. The molecule has 0 saturated heterocycles. The summed E-state index contributed by atoms with van der Waals surface area (Å²) in [5.74, 6) is -3.11. The molecule has 1 atom stereocenters. The number of pyridine rings is 1. The predicted octanol–water partition coefficient (Wildman–Crippen LogP) is 4.72. The van der Waals surface area contributed by atoms with Crippen molar-refractivity contribution in [3.05, 3.63) is 83.1 Å². The molecule has 0 bridgehead atoms. The van der Waals surface area contributed by atoms with Crippen molar-refractivity contribution in [3.8, 4) is 17.0 Å². The Kier molecular flexibility index (Phi) is 4.44. The highest BCUT2D eigenvalue weighted by molar-refractivity contribution is 6.00. The maximum atomic E-state index is 13.6. The number of ketones is 1. The lowest BCUT2D eigenvalue weighted by molar-refractivity contribution is 0.0900. The number of aryl methyl sites for hydroxylation is 1. The quantitative estimate of drug-likeness (QED) is 0.731. The molecule has 1 N–H and O–H groups in total. The number of halogens is 2. The molecule has 0 saturated carbocycles. The molecule has 1 aliphatic carbocycles. The van der Waals surface area contributed by atoms with Crippen LogP contribution in [0.1, 0.15) is 28.0 Å². The third-order valence-electron chi connectivity index (χ3n) is 4.98. The lowest BCUT2D eigenvalue weighted by atomic mass is 9.81. The fourth-order valence-corrected chi connectivity index (χ4v) is 3.55. The number of nitrogens with zero attached hydrogens (tertiary/aromatic N) is 1. The van der Waals surface area contributed by atoms with Gasteiger partial charge in [-0.25, -0.2) is 8.78 Å². The van der Waals surface area contributed by atoms with Gasteiger partial charge in [0.1, 0.15) is 0 Å². The number of aromatic nitrogens is 1. The molecule has 0 aliphatic heterocycles. The average molecular weight is 365 g/mol. The molecule has 3 aromatic rings. The van der Waals surface area contributed by atoms with Crippen molar-refractivity contribution >= 4 is 5.78 Å². The molecule has 0 radical (unpaired) electrons. The summed E-state index contributed by atoms with van der Waals surface area (Å²) >= 11 is 0. The summed E-state index contributed by atoms with van der Waals surface area (Å²) in [6, 6.07) is 15.2. The number of hydrogen-bond acceptors (Lipinski definition) is 3. The molecule has 1 heterocycles. The largest absolute Gasteiger partial charge is 0.503 e. The second kappa shape index (κ2) is 6.91. The highest BCUT2D eigenvalue weighted by Crippen LogP contribution is 2.31. The topological polar surface area (TPSA) is 50.2 Å². The van der Waals surface area contributed by atoms with E-state index in [2.05, 4.69) is 4.98 Å². The number of phenolic OH excluding ortho intramolecular Hbond substituents is 1. The monoisotopic (exact) mass is 365 g/mol. The van der Waals surface area contributed by atoms with E-state index in [9.17, 15) is 18.7 Å². The molecular weight excluding hydrogens is 348 g/mol. The Hall–Kier alpha value is -3.08. The SMILES string of the molecule is O=C1c2ccc(-c3cc(F)c(O)c(F)c3)nc2CC[C@H]1Cc1ccccc1. The summed E-state index contributed by atoms with van der Waals surface area (Å²) in [5, 5.41) is 9.24. The normalized spacial score (nSPS) is 16.2. The lowest BCUT2D eigenvalue weighted by Gasteiger charge is -2.23. The minimum absolute atomic E-state index is 0.0576. The highest BCUT2D eigenvalue weighted by atomic mass is 19.1. The molecule has 136 valence electrons. The van der Waals surface area contributed by atoms with Crippen LogP contribution in [0.25, 0.3) is 11.3 Å². The van der Waals surface area contributed by atoms with Gasteiger partial charge in [0.05, 0.1) is 11.4 Å². The third kappa shape index (κ3) is 3.33. The van der Waals surface area contributed by atoms with Crippen molar-refractivity contribution in [2.24, 2.45) is 5.92 Å². The number of rotatable bonds is 3. The van der Waals surface area contributed by atoms with Gasteiger partial charge in [0, 0.05) is 17.0 Å². The van der Waals surface area contributed by atoms with E-state index < -0.39 is 17.4 Å². The molecule has 0 amide bonds. The summed E-state index contributed by atoms with van der Waals surface area (Å²) < 4.78 is 27.2. The van der Waals surface area contributed by atoms with E-state index in [1.807, 2.05) is 30.3 Å². The van der Waals surface area contributed by atoms with Gasteiger partial charge in [0.25, 0.3) is 0 Å². The van der Waals surface area contributed by atoms with Gasteiger partial charge in [-0.2, -0.15) is 0 Å². The van der Waals surface area contributed by atoms with E-state index in [-0.39, 0.29) is 17.3 Å². The Labute approximate surface area is 155 Å². The molecule has 4 rings (SSSR count). The Morgan fingerprint density at radius 2 is 1.74 bits per heavy atom. The summed E-state index contributed by atoms with van der Waals surface area (Å²) in [6.45, 7) is 0. The summed E-state index contributed by atoms with van der Waals surface area (Å²) in [5.41, 5.74) is 2.95. The molecule has 1 aliphatic rings.